The monoisotopic (exact) mass is 338 g/mol. The smallest absolute Gasteiger partial charge is 0.359 e. The zero-order chi connectivity index (χ0) is 14.1. The third kappa shape index (κ3) is 2.33. The third-order valence-corrected chi connectivity index (χ3v) is 4.08. The minimum Gasteiger partial charge on any atom is -0.464 e. The Hall–Kier alpha value is -1.40. The van der Waals surface area contributed by atoms with Crippen LogP contribution < -0.4 is 0 Å². The van der Waals surface area contributed by atoms with Gasteiger partial charge in [0.15, 0.2) is 5.69 Å². The van der Waals surface area contributed by atoms with Crippen LogP contribution in [0.15, 0.2) is 22.7 Å². The van der Waals surface area contributed by atoms with Crippen LogP contribution in [0, 0.1) is 0 Å². The Morgan fingerprint density at radius 2 is 2.20 bits per heavy atom. The molecule has 0 saturated carbocycles. The molecular formula is C14H15BrN2O3. The number of ether oxygens (including phenoxy) is 2. The average Bonchev–Trinajstić information content (AvgIpc) is 2.86. The van der Waals surface area contributed by atoms with Crippen LogP contribution in [-0.4, -0.2) is 36.1 Å². The number of carbonyl (C=O) groups is 1. The number of rotatable bonds is 2. The Morgan fingerprint density at radius 1 is 1.45 bits per heavy atom. The van der Waals surface area contributed by atoms with Gasteiger partial charge in [-0.15, -0.1) is 0 Å². The number of halogens is 1. The predicted octanol–water partition coefficient (Wildman–Crippen LogP) is 2.94. The third-order valence-electron chi connectivity index (χ3n) is 3.58. The van der Waals surface area contributed by atoms with Gasteiger partial charge in [-0.1, -0.05) is 15.9 Å². The number of methoxy groups -OCH3 is 1. The number of hydrogen-bond acceptors (Lipinski definition) is 4. The second kappa shape index (κ2) is 5.54. The molecule has 1 fully saturated rings. The Morgan fingerprint density at radius 3 is 2.90 bits per heavy atom. The topological polar surface area (TPSA) is 53.3 Å². The highest BCUT2D eigenvalue weighted by atomic mass is 79.9. The lowest BCUT2D eigenvalue weighted by molar-refractivity contribution is 0.0585. The lowest BCUT2D eigenvalue weighted by Crippen LogP contribution is -2.20. The molecule has 1 aromatic carbocycles. The van der Waals surface area contributed by atoms with Crippen LogP contribution in [0.1, 0.15) is 29.4 Å². The van der Waals surface area contributed by atoms with E-state index in [4.69, 9.17) is 9.47 Å². The van der Waals surface area contributed by atoms with Crippen molar-refractivity contribution in [3.05, 3.63) is 28.4 Å². The largest absolute Gasteiger partial charge is 0.464 e. The predicted molar refractivity (Wildman–Crippen MR) is 77.9 cm³/mol. The summed E-state index contributed by atoms with van der Waals surface area (Å²) in [6.07, 6.45) is 1.82. The van der Waals surface area contributed by atoms with Gasteiger partial charge in [0.25, 0.3) is 0 Å². The minimum atomic E-state index is -0.404. The molecule has 20 heavy (non-hydrogen) atoms. The molecule has 106 valence electrons. The first-order valence-corrected chi connectivity index (χ1v) is 7.34. The van der Waals surface area contributed by atoms with Crippen molar-refractivity contribution in [3.63, 3.8) is 0 Å². The van der Waals surface area contributed by atoms with Crippen LogP contribution in [0.25, 0.3) is 10.9 Å². The average molecular weight is 339 g/mol. The van der Waals surface area contributed by atoms with E-state index in [0.717, 1.165) is 41.4 Å². The second-order valence-electron chi connectivity index (χ2n) is 4.79. The van der Waals surface area contributed by atoms with Crippen LogP contribution >= 0.6 is 15.9 Å². The molecular weight excluding hydrogens is 324 g/mol. The van der Waals surface area contributed by atoms with E-state index in [1.165, 1.54) is 7.11 Å². The standard InChI is InChI=1S/C14H15BrN2O3/c1-19-14(18)13-11-8-9(15)2-3-12(11)17(16-13)10-4-6-20-7-5-10/h2-3,8,10H,4-7H2,1H3. The molecule has 0 atom stereocenters. The zero-order valence-electron chi connectivity index (χ0n) is 11.1. The molecule has 0 aliphatic carbocycles. The lowest BCUT2D eigenvalue weighted by Gasteiger charge is -2.23. The van der Waals surface area contributed by atoms with E-state index < -0.39 is 5.97 Å². The van der Waals surface area contributed by atoms with Gasteiger partial charge in [0, 0.05) is 23.1 Å². The van der Waals surface area contributed by atoms with Crippen LogP contribution in [0.5, 0.6) is 0 Å². The number of hydrogen-bond donors (Lipinski definition) is 0. The number of fused-ring (bicyclic) bond motifs is 1. The van der Waals surface area contributed by atoms with Crippen molar-refractivity contribution in [2.24, 2.45) is 0 Å². The molecule has 2 heterocycles. The fourth-order valence-electron chi connectivity index (χ4n) is 2.57. The molecule has 1 saturated heterocycles. The van der Waals surface area contributed by atoms with Crippen molar-refractivity contribution in [1.82, 2.24) is 9.78 Å². The van der Waals surface area contributed by atoms with Crippen molar-refractivity contribution in [1.29, 1.82) is 0 Å². The van der Waals surface area contributed by atoms with Crippen molar-refractivity contribution in [2.45, 2.75) is 18.9 Å². The quantitative estimate of drug-likeness (QED) is 0.790. The number of nitrogens with zero attached hydrogens (tertiary/aromatic N) is 2. The number of esters is 1. The summed E-state index contributed by atoms with van der Waals surface area (Å²) in [6.45, 7) is 1.46. The van der Waals surface area contributed by atoms with Gasteiger partial charge in [0.1, 0.15) is 0 Å². The Bertz CT molecular complexity index is 647. The molecule has 5 nitrogen and oxygen atoms in total. The molecule has 2 aromatic rings. The lowest BCUT2D eigenvalue weighted by atomic mass is 10.1. The molecule has 1 aromatic heterocycles. The van der Waals surface area contributed by atoms with E-state index in [9.17, 15) is 4.79 Å². The fraction of sp³-hybridized carbons (Fsp3) is 0.429. The first-order chi connectivity index (χ1) is 9.70. The van der Waals surface area contributed by atoms with Gasteiger partial charge in [-0.05, 0) is 31.0 Å². The molecule has 1 aliphatic heterocycles. The van der Waals surface area contributed by atoms with Crippen LogP contribution in [0.3, 0.4) is 0 Å². The van der Waals surface area contributed by atoms with Gasteiger partial charge in [-0.25, -0.2) is 4.79 Å². The maximum Gasteiger partial charge on any atom is 0.359 e. The molecule has 0 radical (unpaired) electrons. The molecule has 0 spiro atoms. The summed E-state index contributed by atoms with van der Waals surface area (Å²) in [5, 5.41) is 5.31. The summed E-state index contributed by atoms with van der Waals surface area (Å²) in [5.74, 6) is -0.404. The zero-order valence-corrected chi connectivity index (χ0v) is 12.7. The number of aromatic nitrogens is 2. The summed E-state index contributed by atoms with van der Waals surface area (Å²) in [5.41, 5.74) is 1.33. The maximum atomic E-state index is 11.9. The van der Waals surface area contributed by atoms with Crippen molar-refractivity contribution < 1.29 is 14.3 Å². The summed E-state index contributed by atoms with van der Waals surface area (Å²) < 4.78 is 13.1. The molecule has 0 N–H and O–H groups in total. The normalized spacial score (nSPS) is 16.5. The van der Waals surface area contributed by atoms with Gasteiger partial charge in [-0.2, -0.15) is 5.10 Å². The summed E-state index contributed by atoms with van der Waals surface area (Å²) in [4.78, 5) is 11.9. The first kappa shape index (κ1) is 13.6. The minimum absolute atomic E-state index is 0.269. The van der Waals surface area contributed by atoms with E-state index in [1.807, 2.05) is 22.9 Å². The summed E-state index contributed by atoms with van der Waals surface area (Å²) >= 11 is 3.43. The summed E-state index contributed by atoms with van der Waals surface area (Å²) in [6, 6.07) is 6.12. The molecule has 0 bridgehead atoms. The highest BCUT2D eigenvalue weighted by Gasteiger charge is 2.23. The van der Waals surface area contributed by atoms with Crippen LogP contribution in [-0.2, 0) is 9.47 Å². The molecule has 6 heteroatoms. The van der Waals surface area contributed by atoms with Gasteiger partial charge in [-0.3, -0.25) is 4.68 Å². The Kier molecular flexibility index (Phi) is 3.76. The van der Waals surface area contributed by atoms with Gasteiger partial charge < -0.3 is 9.47 Å². The molecule has 0 unspecified atom stereocenters. The van der Waals surface area contributed by atoms with Crippen molar-refractivity contribution in [3.8, 4) is 0 Å². The number of carbonyl (C=O) groups excluding carboxylic acids is 1. The van der Waals surface area contributed by atoms with Gasteiger partial charge in [0.05, 0.1) is 18.7 Å². The highest BCUT2D eigenvalue weighted by Crippen LogP contribution is 2.29. The summed E-state index contributed by atoms with van der Waals surface area (Å²) in [7, 11) is 1.37. The van der Waals surface area contributed by atoms with Crippen LogP contribution in [0.2, 0.25) is 0 Å². The molecule has 3 rings (SSSR count). The van der Waals surface area contributed by atoms with E-state index in [1.54, 1.807) is 0 Å². The van der Waals surface area contributed by atoms with Gasteiger partial charge >= 0.3 is 5.97 Å². The van der Waals surface area contributed by atoms with Crippen LogP contribution in [0.4, 0.5) is 0 Å². The van der Waals surface area contributed by atoms with E-state index in [-0.39, 0.29) is 6.04 Å². The van der Waals surface area contributed by atoms with E-state index >= 15 is 0 Å². The van der Waals surface area contributed by atoms with Gasteiger partial charge in [0.2, 0.25) is 0 Å². The van der Waals surface area contributed by atoms with E-state index in [0.29, 0.717) is 5.69 Å². The fourth-order valence-corrected chi connectivity index (χ4v) is 2.93. The maximum absolute atomic E-state index is 11.9. The first-order valence-electron chi connectivity index (χ1n) is 6.54. The molecule has 0 amide bonds. The van der Waals surface area contributed by atoms with E-state index in [2.05, 4.69) is 21.0 Å². The van der Waals surface area contributed by atoms with Crippen molar-refractivity contribution in [2.75, 3.05) is 20.3 Å². The molecule has 1 aliphatic rings. The number of benzene rings is 1. The second-order valence-corrected chi connectivity index (χ2v) is 5.71. The Balaban J connectivity index is 2.14. The van der Waals surface area contributed by atoms with Crippen molar-refractivity contribution >= 4 is 32.8 Å². The SMILES string of the molecule is COC(=O)c1nn(C2CCOCC2)c2ccc(Br)cc12. The highest BCUT2D eigenvalue weighted by molar-refractivity contribution is 9.10. The Labute approximate surface area is 125 Å².